The summed E-state index contributed by atoms with van der Waals surface area (Å²) in [7, 11) is 5.84. The van der Waals surface area contributed by atoms with Gasteiger partial charge in [0.2, 0.25) is 0 Å². The van der Waals surface area contributed by atoms with Crippen molar-refractivity contribution >= 4 is 67.7 Å². The molecule has 57 heavy (non-hydrogen) atoms. The van der Waals surface area contributed by atoms with Crippen LogP contribution < -0.4 is 36.0 Å². The molecule has 8 rings (SSSR count). The van der Waals surface area contributed by atoms with E-state index in [1.54, 1.807) is 25.3 Å². The number of ether oxygens (including phenoxy) is 3. The van der Waals surface area contributed by atoms with Gasteiger partial charge in [-0.05, 0) is 63.5 Å². The van der Waals surface area contributed by atoms with Crippen molar-refractivity contribution in [2.75, 3.05) is 26.2 Å². The molecule has 1 saturated carbocycles. The molecule has 3 aliphatic rings. The Bertz CT molecular complexity index is 2780. The average molecular weight is 887 g/mol. The normalized spacial score (nSPS) is 22.6. The Hall–Kier alpha value is -5.39. The van der Waals surface area contributed by atoms with Gasteiger partial charge in [0.05, 0.1) is 55.1 Å². The van der Waals surface area contributed by atoms with Crippen LogP contribution in [0.2, 0.25) is 0 Å². The van der Waals surface area contributed by atoms with Gasteiger partial charge >= 0.3 is 11.4 Å². The molecule has 15 nitrogen and oxygen atoms in total. The van der Waals surface area contributed by atoms with Crippen LogP contribution in [-0.2, 0) is 36.1 Å². The molecule has 0 bridgehead atoms. The van der Waals surface area contributed by atoms with Gasteiger partial charge in [0.15, 0.2) is 32.7 Å². The molecule has 2 aliphatic heterocycles. The molecule has 2 fully saturated rings. The summed E-state index contributed by atoms with van der Waals surface area (Å²) in [6.45, 7) is -0.371. The number of carbonyl (C=O) groups excluding carboxylic acids is 2. The minimum atomic E-state index is -2.23. The number of imide groups is 1. The van der Waals surface area contributed by atoms with Gasteiger partial charge in [-0.2, -0.15) is 0 Å². The number of aryl methyl sites for hydroxylation is 2. The zero-order valence-electron chi connectivity index (χ0n) is 30.6. The molecule has 4 heterocycles. The summed E-state index contributed by atoms with van der Waals surface area (Å²) >= 11 is 18.2. The molecule has 2 aromatic heterocycles. The highest BCUT2D eigenvalue weighted by molar-refractivity contribution is 9.10. The van der Waals surface area contributed by atoms with E-state index in [1.165, 1.54) is 59.5 Å². The predicted octanol–water partition coefficient (Wildman–Crippen LogP) is 4.13. The van der Waals surface area contributed by atoms with E-state index in [-0.39, 0.29) is 46.9 Å². The summed E-state index contributed by atoms with van der Waals surface area (Å²) < 4.78 is 35.1. The van der Waals surface area contributed by atoms with Crippen molar-refractivity contribution in [3.63, 3.8) is 0 Å². The lowest BCUT2D eigenvalue weighted by molar-refractivity contribution is -0.122. The van der Waals surface area contributed by atoms with E-state index in [4.69, 9.17) is 37.4 Å². The van der Waals surface area contributed by atoms with Crippen LogP contribution >= 0.6 is 39.1 Å². The number of alkyl halides is 2. The number of phenolic OH excluding ortho intramolecular Hbond substituents is 1. The quantitative estimate of drug-likeness (QED) is 0.136. The van der Waals surface area contributed by atoms with Crippen molar-refractivity contribution in [3.8, 4) is 23.0 Å². The van der Waals surface area contributed by atoms with Crippen molar-refractivity contribution in [3.05, 3.63) is 113 Å². The smallest absolute Gasteiger partial charge is 0.347 e. The number of phenols is 1. The SMILES string of the molecule is COc1cc2nc(CCn3c(=O)n4n(c3=O)C3CC5(Cl)C(=O)N(c6ccc(F)cc6)C(=O)C5(Cl)C(c5cc(Br)c(O)c(OC)c5)C3=CC4)c(=O)n(C)c2cc1OC. The number of halogens is 4. The molecular formula is C38H32BrCl2FN6O9. The van der Waals surface area contributed by atoms with Crippen LogP contribution in [0.4, 0.5) is 10.1 Å². The van der Waals surface area contributed by atoms with Crippen LogP contribution in [-0.4, -0.2) is 71.5 Å². The van der Waals surface area contributed by atoms with Crippen LogP contribution in [0.25, 0.3) is 11.0 Å². The fourth-order valence-electron chi connectivity index (χ4n) is 8.28. The first-order chi connectivity index (χ1) is 27.1. The Morgan fingerprint density at radius 1 is 0.930 bits per heavy atom. The van der Waals surface area contributed by atoms with Crippen LogP contribution in [0.15, 0.2) is 79.0 Å². The molecular weight excluding hydrogens is 854 g/mol. The number of aromatic hydroxyl groups is 1. The number of methoxy groups -OCH3 is 3. The lowest BCUT2D eigenvalue weighted by Crippen LogP contribution is -2.59. The number of amides is 2. The Kier molecular flexibility index (Phi) is 9.20. The van der Waals surface area contributed by atoms with Crippen LogP contribution in [0, 0.1) is 5.82 Å². The Labute approximate surface area is 340 Å². The minimum Gasteiger partial charge on any atom is -0.503 e. The van der Waals surface area contributed by atoms with Crippen LogP contribution in [0.5, 0.6) is 23.0 Å². The largest absolute Gasteiger partial charge is 0.503 e. The third-order valence-electron chi connectivity index (χ3n) is 11.1. The number of benzene rings is 3. The Morgan fingerprint density at radius 3 is 2.26 bits per heavy atom. The fraction of sp³-hybridized carbons (Fsp3) is 0.316. The van der Waals surface area contributed by atoms with Crippen molar-refractivity contribution in [2.24, 2.45) is 7.05 Å². The Morgan fingerprint density at radius 2 is 1.60 bits per heavy atom. The molecule has 4 unspecified atom stereocenters. The van der Waals surface area contributed by atoms with E-state index in [1.807, 2.05) is 0 Å². The number of carbonyl (C=O) groups is 2. The number of nitrogens with zero attached hydrogens (tertiary/aromatic N) is 6. The van der Waals surface area contributed by atoms with Gasteiger partial charge in [-0.15, -0.1) is 23.2 Å². The fourth-order valence-corrected chi connectivity index (χ4v) is 9.65. The molecule has 19 heteroatoms. The molecule has 2 amide bonds. The van der Waals surface area contributed by atoms with Gasteiger partial charge in [-0.25, -0.2) is 37.8 Å². The van der Waals surface area contributed by atoms with E-state index in [2.05, 4.69) is 20.9 Å². The summed E-state index contributed by atoms with van der Waals surface area (Å²) in [5, 5.41) is 10.7. The maximum absolute atomic E-state index is 14.6. The van der Waals surface area contributed by atoms with Gasteiger partial charge in [0, 0.05) is 44.5 Å². The average Bonchev–Trinajstić information content (AvgIpc) is 3.53. The second-order valence-electron chi connectivity index (χ2n) is 13.9. The molecule has 5 aromatic rings. The van der Waals surface area contributed by atoms with Gasteiger partial charge in [0.1, 0.15) is 11.5 Å². The number of hydrogen-bond acceptors (Lipinski definition) is 10. The first kappa shape index (κ1) is 38.5. The third-order valence-corrected chi connectivity index (χ3v) is 13.1. The zero-order valence-corrected chi connectivity index (χ0v) is 33.7. The molecule has 3 aromatic carbocycles. The molecule has 1 saturated heterocycles. The highest BCUT2D eigenvalue weighted by Crippen LogP contribution is 2.64. The number of allylic oxidation sites excluding steroid dienone is 2. The molecule has 1 N–H and O–H groups in total. The van der Waals surface area contributed by atoms with E-state index in [9.17, 15) is 33.5 Å². The third kappa shape index (κ3) is 5.41. The summed E-state index contributed by atoms with van der Waals surface area (Å²) in [6.07, 6.45) is 1.16. The van der Waals surface area contributed by atoms with Crippen molar-refractivity contribution in [1.29, 1.82) is 0 Å². The lowest BCUT2D eigenvalue weighted by Gasteiger charge is -2.49. The van der Waals surface area contributed by atoms with E-state index in [0.29, 0.717) is 33.7 Å². The summed E-state index contributed by atoms with van der Waals surface area (Å²) in [4.78, 5) is 71.9. The molecule has 296 valence electrons. The number of rotatable bonds is 8. The number of hydrogen-bond donors (Lipinski definition) is 1. The van der Waals surface area contributed by atoms with E-state index < -0.39 is 62.7 Å². The maximum Gasteiger partial charge on any atom is 0.347 e. The van der Waals surface area contributed by atoms with Crippen LogP contribution in [0.1, 0.15) is 29.6 Å². The second-order valence-corrected chi connectivity index (χ2v) is 16.0. The zero-order chi connectivity index (χ0) is 40.9. The van der Waals surface area contributed by atoms with Crippen molar-refractivity contribution in [2.45, 2.75) is 47.6 Å². The van der Waals surface area contributed by atoms with Crippen molar-refractivity contribution in [1.82, 2.24) is 23.5 Å². The van der Waals surface area contributed by atoms with Crippen LogP contribution in [0.3, 0.4) is 0 Å². The molecule has 1 aliphatic carbocycles. The van der Waals surface area contributed by atoms with E-state index in [0.717, 1.165) is 21.6 Å². The summed E-state index contributed by atoms with van der Waals surface area (Å²) in [5.74, 6) is -3.08. The van der Waals surface area contributed by atoms with Crippen molar-refractivity contribution < 1.29 is 33.3 Å². The topological polar surface area (TPSA) is 169 Å². The van der Waals surface area contributed by atoms with Gasteiger partial charge in [0.25, 0.3) is 17.4 Å². The van der Waals surface area contributed by atoms with Gasteiger partial charge in [-0.1, -0.05) is 6.08 Å². The Balaban J connectivity index is 1.24. The predicted molar refractivity (Wildman–Crippen MR) is 210 cm³/mol. The molecule has 4 atom stereocenters. The summed E-state index contributed by atoms with van der Waals surface area (Å²) in [6, 6.07) is 9.77. The summed E-state index contributed by atoms with van der Waals surface area (Å²) in [5.41, 5.74) is -0.204. The first-order valence-corrected chi connectivity index (χ1v) is 19.0. The monoisotopic (exact) mass is 884 g/mol. The standard InChI is InChI=1S/C38H32BrCl2FN6O9/c1-44-25-16-28(56-3)27(55-2)15-24(25)43-23(32(44)50)10-11-45-35(53)46-12-9-21-26(48(46)36(45)54)17-37(40)33(51)47(20-7-5-19(42)6-8-20)34(52)38(37,41)30(21)18-13-22(39)31(49)29(14-18)57-4/h5-9,13-16,26,30,49H,10-12,17H2,1-4H3. The number of aromatic nitrogens is 5. The highest BCUT2D eigenvalue weighted by Gasteiger charge is 2.75. The maximum atomic E-state index is 14.6. The number of anilines is 1. The molecule has 0 radical (unpaired) electrons. The molecule has 0 spiro atoms. The second kappa shape index (κ2) is 13.6. The highest BCUT2D eigenvalue weighted by atomic mass is 79.9. The number of fused-ring (bicyclic) bond motifs is 5. The first-order valence-electron chi connectivity index (χ1n) is 17.4. The van der Waals surface area contributed by atoms with E-state index >= 15 is 0 Å². The van der Waals surface area contributed by atoms with Gasteiger partial charge in [-0.3, -0.25) is 14.4 Å². The lowest BCUT2D eigenvalue weighted by atomic mass is 9.64. The minimum absolute atomic E-state index is 0.0109. The van der Waals surface area contributed by atoms with Gasteiger partial charge < -0.3 is 23.9 Å².